The number of cyclic esters (lactones) is 1. The van der Waals surface area contributed by atoms with E-state index in [9.17, 15) is 9.59 Å². The summed E-state index contributed by atoms with van der Waals surface area (Å²) in [5.41, 5.74) is -0.563. The molecule has 0 unspecified atom stereocenters. The van der Waals surface area contributed by atoms with Gasteiger partial charge in [-0.3, -0.25) is 4.90 Å². The Kier molecular flexibility index (Phi) is 2.78. The Labute approximate surface area is 82.3 Å². The van der Waals surface area contributed by atoms with Crippen LogP contribution in [0.4, 0.5) is 4.79 Å². The average molecular weight is 199 g/mol. The molecule has 0 radical (unpaired) electrons. The third-order valence-corrected chi connectivity index (χ3v) is 1.37. The smallest absolute Gasteiger partial charge is 0.414 e. The van der Waals surface area contributed by atoms with Crippen molar-refractivity contribution in [1.82, 2.24) is 4.90 Å². The fourth-order valence-electron chi connectivity index (χ4n) is 0.855. The number of hydrogen-bond donors (Lipinski definition) is 0. The molecular formula is C9H13NO4. The molecule has 1 amide bonds. The highest BCUT2D eigenvalue weighted by Crippen LogP contribution is 2.11. The molecule has 0 bridgehead atoms. The Balaban J connectivity index is 2.57. The van der Waals surface area contributed by atoms with Crippen LogP contribution in [-0.2, 0) is 14.3 Å². The predicted molar refractivity (Wildman–Crippen MR) is 48.2 cm³/mol. The van der Waals surface area contributed by atoms with Gasteiger partial charge in [-0.05, 0) is 20.8 Å². The van der Waals surface area contributed by atoms with E-state index in [1.165, 1.54) is 6.20 Å². The van der Waals surface area contributed by atoms with Crippen LogP contribution in [0.3, 0.4) is 0 Å². The first kappa shape index (κ1) is 10.6. The van der Waals surface area contributed by atoms with Crippen molar-refractivity contribution in [2.45, 2.75) is 26.4 Å². The Bertz CT molecular complexity index is 277. The first-order chi connectivity index (χ1) is 6.38. The molecule has 0 fully saturated rings. The molecule has 0 aromatic rings. The summed E-state index contributed by atoms with van der Waals surface area (Å²) in [6, 6.07) is 0. The molecule has 1 rings (SSSR count). The van der Waals surface area contributed by atoms with Crippen LogP contribution in [0.1, 0.15) is 20.8 Å². The zero-order valence-electron chi connectivity index (χ0n) is 8.44. The monoisotopic (exact) mass is 199 g/mol. The third-order valence-electron chi connectivity index (χ3n) is 1.37. The van der Waals surface area contributed by atoms with Crippen molar-refractivity contribution in [3.05, 3.63) is 12.5 Å². The van der Waals surface area contributed by atoms with E-state index in [4.69, 9.17) is 4.74 Å². The quantitative estimate of drug-likeness (QED) is 0.551. The number of carbonyl (C=O) groups excluding carboxylic acids is 2. The topological polar surface area (TPSA) is 55.8 Å². The van der Waals surface area contributed by atoms with Gasteiger partial charge in [-0.1, -0.05) is 0 Å². The van der Waals surface area contributed by atoms with Gasteiger partial charge in [0.1, 0.15) is 18.4 Å². The van der Waals surface area contributed by atoms with Gasteiger partial charge in [0.15, 0.2) is 0 Å². The molecule has 0 atom stereocenters. The number of hydrogen-bond acceptors (Lipinski definition) is 4. The van der Waals surface area contributed by atoms with Crippen LogP contribution in [0.2, 0.25) is 0 Å². The van der Waals surface area contributed by atoms with Crippen molar-refractivity contribution >= 4 is 12.1 Å². The van der Waals surface area contributed by atoms with E-state index in [-0.39, 0.29) is 6.54 Å². The highest BCUT2D eigenvalue weighted by atomic mass is 16.6. The second kappa shape index (κ2) is 3.69. The van der Waals surface area contributed by atoms with Crippen LogP contribution < -0.4 is 0 Å². The van der Waals surface area contributed by atoms with Gasteiger partial charge in [0, 0.05) is 6.20 Å². The highest BCUT2D eigenvalue weighted by Gasteiger charge is 2.24. The number of carbonyl (C=O) groups is 2. The number of amides is 1. The van der Waals surface area contributed by atoms with Crippen LogP contribution in [0.25, 0.3) is 0 Å². The van der Waals surface area contributed by atoms with Crippen molar-refractivity contribution in [2.75, 3.05) is 6.54 Å². The zero-order chi connectivity index (χ0) is 10.8. The molecule has 0 N–H and O–H groups in total. The maximum absolute atomic E-state index is 11.4. The lowest BCUT2D eigenvalue weighted by Gasteiger charge is -2.25. The summed E-state index contributed by atoms with van der Waals surface area (Å²) in [7, 11) is 0. The summed E-state index contributed by atoms with van der Waals surface area (Å²) in [6.45, 7) is 5.18. The lowest BCUT2D eigenvalue weighted by Crippen LogP contribution is -2.38. The highest BCUT2D eigenvalue weighted by molar-refractivity contribution is 5.80. The Morgan fingerprint density at radius 1 is 1.57 bits per heavy atom. The van der Waals surface area contributed by atoms with Gasteiger partial charge in [-0.2, -0.15) is 0 Å². The fourth-order valence-corrected chi connectivity index (χ4v) is 0.855. The predicted octanol–water partition coefficient (Wildman–Crippen LogP) is 1.25. The molecular weight excluding hydrogens is 186 g/mol. The van der Waals surface area contributed by atoms with Gasteiger partial charge in [0.2, 0.25) is 0 Å². The van der Waals surface area contributed by atoms with Crippen LogP contribution in [0, 0.1) is 0 Å². The molecule has 5 nitrogen and oxygen atoms in total. The summed E-state index contributed by atoms with van der Waals surface area (Å²) in [6.07, 6.45) is 1.98. The van der Waals surface area contributed by atoms with Gasteiger partial charge in [-0.25, -0.2) is 9.59 Å². The molecule has 0 saturated heterocycles. The van der Waals surface area contributed by atoms with Gasteiger partial charge >= 0.3 is 12.1 Å². The second-order valence-corrected chi connectivity index (χ2v) is 3.88. The Morgan fingerprint density at radius 2 is 2.21 bits per heavy atom. The molecule has 1 aliphatic rings. The Morgan fingerprint density at radius 3 is 2.71 bits per heavy atom. The van der Waals surface area contributed by atoms with Crippen molar-refractivity contribution < 1.29 is 19.1 Å². The summed E-state index contributed by atoms with van der Waals surface area (Å²) in [4.78, 5) is 23.4. The molecule has 1 aliphatic heterocycles. The first-order valence-electron chi connectivity index (χ1n) is 4.24. The van der Waals surface area contributed by atoms with E-state index >= 15 is 0 Å². The average Bonchev–Trinajstić information content (AvgIpc) is 2.01. The zero-order valence-corrected chi connectivity index (χ0v) is 8.44. The van der Waals surface area contributed by atoms with Gasteiger partial charge in [0.25, 0.3) is 0 Å². The lowest BCUT2D eigenvalue weighted by molar-refractivity contribution is -0.140. The second-order valence-electron chi connectivity index (χ2n) is 3.88. The molecule has 0 spiro atoms. The van der Waals surface area contributed by atoms with E-state index in [1.807, 2.05) is 0 Å². The number of rotatable bonds is 0. The number of nitrogens with zero attached hydrogens (tertiary/aromatic N) is 1. The summed E-state index contributed by atoms with van der Waals surface area (Å²) in [5.74, 6) is -0.474. The Hall–Kier alpha value is -1.52. The minimum Gasteiger partial charge on any atom is -0.443 e. The molecule has 0 aliphatic carbocycles. The minimum atomic E-state index is -0.563. The molecule has 0 aromatic carbocycles. The fraction of sp³-hybridized carbons (Fsp3) is 0.556. The lowest BCUT2D eigenvalue weighted by atomic mass is 10.2. The molecule has 14 heavy (non-hydrogen) atoms. The molecule has 0 saturated carbocycles. The summed E-state index contributed by atoms with van der Waals surface area (Å²) in [5, 5.41) is 0. The first-order valence-corrected chi connectivity index (χ1v) is 4.24. The molecule has 5 heteroatoms. The maximum atomic E-state index is 11.4. The van der Waals surface area contributed by atoms with Gasteiger partial charge in [0.05, 0.1) is 0 Å². The van der Waals surface area contributed by atoms with Crippen molar-refractivity contribution in [3.63, 3.8) is 0 Å². The summed E-state index contributed by atoms with van der Waals surface area (Å²) >= 11 is 0. The van der Waals surface area contributed by atoms with Crippen molar-refractivity contribution in [2.24, 2.45) is 0 Å². The molecule has 78 valence electrons. The van der Waals surface area contributed by atoms with E-state index in [2.05, 4.69) is 4.74 Å². The number of esters is 1. The molecule has 1 heterocycles. The summed E-state index contributed by atoms with van der Waals surface area (Å²) < 4.78 is 9.57. The standard InChI is InChI=1S/C9H13NO4/c1-9(2,3)14-8(12)10-4-5-13-7(11)6-10/h4-5H,6H2,1-3H3. The minimum absolute atomic E-state index is 0.106. The van der Waals surface area contributed by atoms with Crippen molar-refractivity contribution in [3.8, 4) is 0 Å². The van der Waals surface area contributed by atoms with Crippen LogP contribution in [-0.4, -0.2) is 29.1 Å². The van der Waals surface area contributed by atoms with E-state index in [0.29, 0.717) is 0 Å². The van der Waals surface area contributed by atoms with Gasteiger partial charge in [-0.15, -0.1) is 0 Å². The van der Waals surface area contributed by atoms with E-state index in [0.717, 1.165) is 11.2 Å². The van der Waals surface area contributed by atoms with E-state index in [1.54, 1.807) is 20.8 Å². The van der Waals surface area contributed by atoms with Gasteiger partial charge < -0.3 is 9.47 Å². The largest absolute Gasteiger partial charge is 0.443 e. The van der Waals surface area contributed by atoms with Crippen LogP contribution in [0.5, 0.6) is 0 Å². The molecule has 0 aromatic heterocycles. The SMILES string of the molecule is CC(C)(C)OC(=O)N1C=COC(=O)C1. The van der Waals surface area contributed by atoms with E-state index < -0.39 is 17.7 Å². The van der Waals surface area contributed by atoms with Crippen LogP contribution >= 0.6 is 0 Å². The maximum Gasteiger partial charge on any atom is 0.414 e. The number of ether oxygens (including phenoxy) is 2. The third kappa shape index (κ3) is 3.08. The van der Waals surface area contributed by atoms with Crippen molar-refractivity contribution in [1.29, 1.82) is 0 Å². The van der Waals surface area contributed by atoms with Crippen LogP contribution in [0.15, 0.2) is 12.5 Å². The normalized spacial score (nSPS) is 16.5.